The lowest BCUT2D eigenvalue weighted by atomic mass is 10.1. The van der Waals surface area contributed by atoms with Crippen molar-refractivity contribution in [3.05, 3.63) is 30.0 Å². The summed E-state index contributed by atoms with van der Waals surface area (Å²) in [5.74, 6) is -0.116. The number of carbonyl (C=O) groups excluding carboxylic acids is 1. The van der Waals surface area contributed by atoms with Gasteiger partial charge in [-0.3, -0.25) is 9.89 Å². The quantitative estimate of drug-likeness (QED) is 0.802. The molecule has 1 aromatic carbocycles. The molecule has 0 aliphatic carbocycles. The van der Waals surface area contributed by atoms with Gasteiger partial charge in [0, 0.05) is 31.1 Å². The zero-order chi connectivity index (χ0) is 13.7. The molecule has 6 nitrogen and oxygen atoms in total. The maximum atomic E-state index is 12.3. The van der Waals surface area contributed by atoms with E-state index in [0.29, 0.717) is 25.3 Å². The summed E-state index contributed by atoms with van der Waals surface area (Å²) in [5.41, 5.74) is 1.47. The molecule has 0 fully saturated rings. The van der Waals surface area contributed by atoms with Gasteiger partial charge in [0.1, 0.15) is 0 Å². The van der Waals surface area contributed by atoms with Gasteiger partial charge >= 0.3 is 0 Å². The summed E-state index contributed by atoms with van der Waals surface area (Å²) in [6, 6.07) is 5.36. The third-order valence-electron chi connectivity index (χ3n) is 2.91. The first-order chi connectivity index (χ1) is 9.26. The number of fused-ring (bicyclic) bond motifs is 1. The van der Waals surface area contributed by atoms with E-state index in [4.69, 9.17) is 9.84 Å². The van der Waals surface area contributed by atoms with Gasteiger partial charge in [-0.2, -0.15) is 5.10 Å². The molecule has 19 heavy (non-hydrogen) atoms. The van der Waals surface area contributed by atoms with Crippen LogP contribution in [-0.4, -0.2) is 59.5 Å². The van der Waals surface area contributed by atoms with Gasteiger partial charge in [-0.15, -0.1) is 0 Å². The Labute approximate surface area is 111 Å². The molecule has 0 radical (unpaired) electrons. The highest BCUT2D eigenvalue weighted by atomic mass is 16.5. The van der Waals surface area contributed by atoms with Crippen LogP contribution in [0.4, 0.5) is 0 Å². The number of carbonyl (C=O) groups is 1. The lowest BCUT2D eigenvalue weighted by Crippen LogP contribution is -2.36. The van der Waals surface area contributed by atoms with E-state index in [1.165, 1.54) is 0 Å². The van der Waals surface area contributed by atoms with Crippen LogP contribution < -0.4 is 0 Å². The molecule has 2 rings (SSSR count). The molecular weight excluding hydrogens is 246 g/mol. The zero-order valence-electron chi connectivity index (χ0n) is 10.8. The van der Waals surface area contributed by atoms with Crippen LogP contribution in [0.15, 0.2) is 24.4 Å². The number of hydrogen-bond acceptors (Lipinski definition) is 4. The van der Waals surface area contributed by atoms with Crippen LogP contribution >= 0.6 is 0 Å². The molecule has 0 aliphatic rings. The molecule has 1 heterocycles. The molecule has 2 aromatic rings. The van der Waals surface area contributed by atoms with Crippen molar-refractivity contribution in [2.45, 2.75) is 0 Å². The second-order valence-electron chi connectivity index (χ2n) is 4.18. The number of hydrogen-bond donors (Lipinski definition) is 2. The average molecular weight is 263 g/mol. The van der Waals surface area contributed by atoms with E-state index in [2.05, 4.69) is 10.2 Å². The van der Waals surface area contributed by atoms with Crippen LogP contribution in [0, 0.1) is 0 Å². The van der Waals surface area contributed by atoms with Gasteiger partial charge in [-0.25, -0.2) is 0 Å². The number of nitrogens with one attached hydrogen (secondary N) is 1. The van der Waals surface area contributed by atoms with Crippen LogP contribution in [0.3, 0.4) is 0 Å². The van der Waals surface area contributed by atoms with Crippen molar-refractivity contribution in [1.82, 2.24) is 15.1 Å². The number of aliphatic hydroxyl groups excluding tert-OH is 1. The number of nitrogens with zero attached hydrogens (tertiary/aromatic N) is 2. The number of rotatable bonds is 6. The summed E-state index contributed by atoms with van der Waals surface area (Å²) in [6.07, 6.45) is 1.68. The molecule has 1 amide bonds. The average Bonchev–Trinajstić information content (AvgIpc) is 2.90. The van der Waals surface area contributed by atoms with Gasteiger partial charge in [0.2, 0.25) is 0 Å². The molecule has 0 saturated heterocycles. The molecule has 6 heteroatoms. The van der Waals surface area contributed by atoms with Crippen LogP contribution in [0.2, 0.25) is 0 Å². The first-order valence-electron chi connectivity index (χ1n) is 6.08. The van der Waals surface area contributed by atoms with Crippen LogP contribution in [0.5, 0.6) is 0 Å². The van der Waals surface area contributed by atoms with Crippen molar-refractivity contribution in [1.29, 1.82) is 0 Å². The second kappa shape index (κ2) is 6.31. The van der Waals surface area contributed by atoms with E-state index in [9.17, 15) is 4.79 Å². The number of methoxy groups -OCH3 is 1. The number of benzene rings is 1. The van der Waals surface area contributed by atoms with Crippen molar-refractivity contribution in [2.75, 3.05) is 33.4 Å². The molecule has 0 unspecified atom stereocenters. The Morgan fingerprint density at radius 2 is 2.32 bits per heavy atom. The first-order valence-corrected chi connectivity index (χ1v) is 6.08. The number of amides is 1. The number of aromatic nitrogens is 2. The Kier molecular flexibility index (Phi) is 4.48. The van der Waals surface area contributed by atoms with Crippen LogP contribution in [-0.2, 0) is 4.74 Å². The molecule has 102 valence electrons. The van der Waals surface area contributed by atoms with Gasteiger partial charge in [0.15, 0.2) is 0 Å². The maximum absolute atomic E-state index is 12.3. The Morgan fingerprint density at radius 1 is 1.47 bits per heavy atom. The molecular formula is C13H17N3O3. The maximum Gasteiger partial charge on any atom is 0.254 e. The fourth-order valence-electron chi connectivity index (χ4n) is 1.90. The molecule has 1 aromatic heterocycles. The Balaban J connectivity index is 2.19. The number of aliphatic hydroxyl groups is 1. The Bertz CT molecular complexity index is 553. The number of H-pyrrole nitrogens is 1. The van der Waals surface area contributed by atoms with Gasteiger partial charge < -0.3 is 14.7 Å². The van der Waals surface area contributed by atoms with E-state index in [0.717, 1.165) is 10.9 Å². The smallest absolute Gasteiger partial charge is 0.254 e. The number of ether oxygens (including phenoxy) is 1. The molecule has 0 saturated carbocycles. The third-order valence-corrected chi connectivity index (χ3v) is 2.91. The van der Waals surface area contributed by atoms with Gasteiger partial charge in [-0.05, 0) is 18.2 Å². The Hall–Kier alpha value is -1.92. The van der Waals surface area contributed by atoms with Gasteiger partial charge in [0.25, 0.3) is 5.91 Å². The van der Waals surface area contributed by atoms with Gasteiger partial charge in [0.05, 0.1) is 24.9 Å². The largest absolute Gasteiger partial charge is 0.395 e. The van der Waals surface area contributed by atoms with Crippen molar-refractivity contribution in [3.8, 4) is 0 Å². The SMILES string of the molecule is COCCN(CCO)C(=O)c1ccc2[nH]ncc2c1. The first kappa shape index (κ1) is 13.5. The predicted molar refractivity (Wildman–Crippen MR) is 71.0 cm³/mol. The van der Waals surface area contributed by atoms with E-state index >= 15 is 0 Å². The fourth-order valence-corrected chi connectivity index (χ4v) is 1.90. The summed E-state index contributed by atoms with van der Waals surface area (Å²) < 4.78 is 4.97. The molecule has 0 atom stereocenters. The second-order valence-corrected chi connectivity index (χ2v) is 4.18. The topological polar surface area (TPSA) is 78.5 Å². The van der Waals surface area contributed by atoms with Crippen molar-refractivity contribution >= 4 is 16.8 Å². The zero-order valence-corrected chi connectivity index (χ0v) is 10.8. The van der Waals surface area contributed by atoms with Gasteiger partial charge in [-0.1, -0.05) is 0 Å². The normalized spacial score (nSPS) is 10.8. The predicted octanol–water partition coefficient (Wildman–Crippen LogP) is 0.644. The molecule has 2 N–H and O–H groups in total. The molecule has 0 bridgehead atoms. The van der Waals surface area contributed by atoms with E-state index in [1.54, 1.807) is 30.3 Å². The van der Waals surface area contributed by atoms with E-state index in [1.807, 2.05) is 6.07 Å². The Morgan fingerprint density at radius 3 is 3.05 bits per heavy atom. The summed E-state index contributed by atoms with van der Waals surface area (Å²) in [5, 5.41) is 16.7. The fraction of sp³-hybridized carbons (Fsp3) is 0.385. The summed E-state index contributed by atoms with van der Waals surface area (Å²) >= 11 is 0. The van der Waals surface area contributed by atoms with E-state index in [-0.39, 0.29) is 12.5 Å². The molecule has 0 aliphatic heterocycles. The highest BCUT2D eigenvalue weighted by molar-refractivity contribution is 5.97. The monoisotopic (exact) mass is 263 g/mol. The lowest BCUT2D eigenvalue weighted by Gasteiger charge is -2.21. The van der Waals surface area contributed by atoms with Crippen molar-refractivity contribution < 1.29 is 14.6 Å². The minimum Gasteiger partial charge on any atom is -0.395 e. The minimum absolute atomic E-state index is 0.0661. The molecule has 0 spiro atoms. The third kappa shape index (κ3) is 3.10. The lowest BCUT2D eigenvalue weighted by molar-refractivity contribution is 0.0656. The summed E-state index contributed by atoms with van der Waals surface area (Å²) in [4.78, 5) is 13.9. The van der Waals surface area contributed by atoms with Crippen LogP contribution in [0.25, 0.3) is 10.9 Å². The van der Waals surface area contributed by atoms with Crippen molar-refractivity contribution in [3.63, 3.8) is 0 Å². The van der Waals surface area contributed by atoms with E-state index < -0.39 is 0 Å². The number of aromatic amines is 1. The minimum atomic E-state index is -0.116. The highest BCUT2D eigenvalue weighted by Crippen LogP contribution is 2.14. The van der Waals surface area contributed by atoms with Crippen LogP contribution in [0.1, 0.15) is 10.4 Å². The summed E-state index contributed by atoms with van der Waals surface area (Å²) in [7, 11) is 1.58. The van der Waals surface area contributed by atoms with Crippen molar-refractivity contribution in [2.24, 2.45) is 0 Å². The standard InChI is InChI=1S/C13H17N3O3/c1-19-7-5-16(4-6-17)13(18)10-2-3-12-11(8-10)9-14-15-12/h2-3,8-9,17H,4-7H2,1H3,(H,14,15). The summed E-state index contributed by atoms with van der Waals surface area (Å²) in [6.45, 7) is 1.13. The highest BCUT2D eigenvalue weighted by Gasteiger charge is 2.15.